The monoisotopic (exact) mass is 339 g/mol. The maximum atomic E-state index is 11.7. The van der Waals surface area contributed by atoms with Crippen LogP contribution in [0.2, 0.25) is 0 Å². The van der Waals surface area contributed by atoms with Gasteiger partial charge in [0.05, 0.1) is 0 Å². The van der Waals surface area contributed by atoms with Crippen LogP contribution in [0.15, 0.2) is 49.1 Å². The fraction of sp³-hybridized carbons (Fsp3) is 0.350. The highest BCUT2D eigenvalue weighted by Gasteiger charge is 2.25. The first kappa shape index (κ1) is 17.5. The van der Waals surface area contributed by atoms with Gasteiger partial charge in [0.2, 0.25) is 5.91 Å². The highest BCUT2D eigenvalue weighted by atomic mass is 16.5. The molecule has 0 aliphatic carbocycles. The molecule has 1 fully saturated rings. The lowest BCUT2D eigenvalue weighted by Crippen LogP contribution is -2.42. The molecule has 0 unspecified atom stereocenters. The van der Waals surface area contributed by atoms with Crippen molar-refractivity contribution in [3.63, 3.8) is 0 Å². The minimum absolute atomic E-state index is 0.0188. The minimum Gasteiger partial charge on any atom is -0.489 e. The molecular weight excluding hydrogens is 314 g/mol. The molecule has 0 bridgehead atoms. The molecule has 1 saturated heterocycles. The number of ether oxygens (including phenoxy) is 1. The topological polar surface area (TPSA) is 67.6 Å². The van der Waals surface area contributed by atoms with Gasteiger partial charge < -0.3 is 4.74 Å². The number of hydrogen-bond donors (Lipinski definition) is 2. The third-order valence-electron chi connectivity index (χ3n) is 4.84. The molecule has 1 heterocycles. The Hall–Kier alpha value is -2.37. The molecule has 132 valence electrons. The van der Waals surface area contributed by atoms with Crippen LogP contribution in [0.4, 0.5) is 0 Å². The molecule has 0 radical (unpaired) electrons. The Morgan fingerprint density at radius 2 is 2.04 bits per heavy atom. The number of amides is 1. The molecule has 0 aromatic heterocycles. The molecule has 1 aliphatic heterocycles. The van der Waals surface area contributed by atoms with E-state index in [2.05, 4.69) is 41.2 Å². The fourth-order valence-corrected chi connectivity index (χ4v) is 3.46. The van der Waals surface area contributed by atoms with Crippen molar-refractivity contribution in [2.45, 2.75) is 19.4 Å². The van der Waals surface area contributed by atoms with Gasteiger partial charge in [-0.1, -0.05) is 43.0 Å². The predicted octanol–water partition coefficient (Wildman–Crippen LogP) is 2.61. The van der Waals surface area contributed by atoms with E-state index in [9.17, 15) is 4.79 Å². The molecule has 3 rings (SSSR count). The number of rotatable bonds is 6. The number of nitrogens with zero attached hydrogens (tertiary/aromatic N) is 1. The second-order valence-electron chi connectivity index (χ2n) is 6.42. The minimum atomic E-state index is -0.0557. The van der Waals surface area contributed by atoms with Gasteiger partial charge in [-0.05, 0) is 42.8 Å². The van der Waals surface area contributed by atoms with Crippen LogP contribution in [0.3, 0.4) is 0 Å². The van der Waals surface area contributed by atoms with Crippen LogP contribution in [0.5, 0.6) is 5.75 Å². The largest absolute Gasteiger partial charge is 0.489 e. The predicted molar refractivity (Wildman–Crippen MR) is 100.0 cm³/mol. The van der Waals surface area contributed by atoms with E-state index in [1.165, 1.54) is 16.3 Å². The van der Waals surface area contributed by atoms with Gasteiger partial charge >= 0.3 is 0 Å². The lowest BCUT2D eigenvalue weighted by molar-refractivity contribution is -0.126. The second-order valence-corrected chi connectivity index (χ2v) is 6.42. The molecule has 5 nitrogen and oxygen atoms in total. The van der Waals surface area contributed by atoms with E-state index in [1.54, 1.807) is 6.08 Å². The summed E-state index contributed by atoms with van der Waals surface area (Å²) in [7, 11) is 0. The van der Waals surface area contributed by atoms with Crippen molar-refractivity contribution in [3.05, 3.63) is 54.6 Å². The van der Waals surface area contributed by atoms with Gasteiger partial charge in [-0.15, -0.1) is 0 Å². The van der Waals surface area contributed by atoms with E-state index >= 15 is 0 Å². The zero-order chi connectivity index (χ0) is 17.6. The number of carbonyl (C=O) groups is 1. The molecular formula is C20H25N3O2. The number of benzene rings is 2. The maximum absolute atomic E-state index is 11.7. The Kier molecular flexibility index (Phi) is 5.68. The van der Waals surface area contributed by atoms with Gasteiger partial charge in [0.15, 0.2) is 0 Å². The van der Waals surface area contributed by atoms with Crippen molar-refractivity contribution in [1.29, 1.82) is 0 Å². The van der Waals surface area contributed by atoms with Crippen LogP contribution < -0.4 is 16.0 Å². The first-order chi connectivity index (χ1) is 12.2. The molecule has 0 spiro atoms. The zero-order valence-electron chi connectivity index (χ0n) is 14.4. The smallest absolute Gasteiger partial charge is 0.237 e. The summed E-state index contributed by atoms with van der Waals surface area (Å²) in [6, 6.07) is 12.5. The lowest BCUT2D eigenvalue weighted by Gasteiger charge is -2.31. The SMILES string of the molecule is C=CCOc1ccc2ccccc2c1CN1CCC(C(=O)NN)CC1. The first-order valence-corrected chi connectivity index (χ1v) is 8.70. The molecule has 5 heteroatoms. The number of hydrogen-bond acceptors (Lipinski definition) is 4. The van der Waals surface area contributed by atoms with Gasteiger partial charge in [-0.2, -0.15) is 0 Å². The zero-order valence-corrected chi connectivity index (χ0v) is 14.4. The Morgan fingerprint density at radius 3 is 2.76 bits per heavy atom. The van der Waals surface area contributed by atoms with E-state index in [0.29, 0.717) is 6.61 Å². The molecule has 25 heavy (non-hydrogen) atoms. The van der Waals surface area contributed by atoms with Gasteiger partial charge in [0, 0.05) is 18.0 Å². The fourth-order valence-electron chi connectivity index (χ4n) is 3.46. The van der Waals surface area contributed by atoms with Crippen LogP contribution in [0, 0.1) is 5.92 Å². The first-order valence-electron chi connectivity index (χ1n) is 8.70. The third kappa shape index (κ3) is 4.00. The Bertz CT molecular complexity index is 752. The molecule has 3 N–H and O–H groups in total. The summed E-state index contributed by atoms with van der Waals surface area (Å²) in [6.07, 6.45) is 3.42. The summed E-state index contributed by atoms with van der Waals surface area (Å²) in [5.74, 6) is 6.12. The summed E-state index contributed by atoms with van der Waals surface area (Å²) >= 11 is 0. The van der Waals surface area contributed by atoms with E-state index < -0.39 is 0 Å². The summed E-state index contributed by atoms with van der Waals surface area (Å²) in [5, 5.41) is 2.42. The maximum Gasteiger partial charge on any atom is 0.237 e. The third-order valence-corrected chi connectivity index (χ3v) is 4.84. The van der Waals surface area contributed by atoms with E-state index in [4.69, 9.17) is 10.6 Å². The highest BCUT2D eigenvalue weighted by molar-refractivity contribution is 5.87. The van der Waals surface area contributed by atoms with Crippen LogP contribution in [0.1, 0.15) is 18.4 Å². The van der Waals surface area contributed by atoms with Gasteiger partial charge in [-0.25, -0.2) is 5.84 Å². The van der Waals surface area contributed by atoms with Crippen molar-refractivity contribution in [3.8, 4) is 5.75 Å². The summed E-state index contributed by atoms with van der Waals surface area (Å²) in [4.78, 5) is 14.1. The molecule has 0 atom stereocenters. The van der Waals surface area contributed by atoms with Crippen molar-refractivity contribution in [2.75, 3.05) is 19.7 Å². The highest BCUT2D eigenvalue weighted by Crippen LogP contribution is 2.30. The van der Waals surface area contributed by atoms with Crippen LogP contribution in [-0.4, -0.2) is 30.5 Å². The normalized spacial score (nSPS) is 15.9. The van der Waals surface area contributed by atoms with Crippen molar-refractivity contribution >= 4 is 16.7 Å². The Labute approximate surface area is 148 Å². The Morgan fingerprint density at radius 1 is 1.28 bits per heavy atom. The number of nitrogens with one attached hydrogen (secondary N) is 1. The molecule has 1 aliphatic rings. The average Bonchev–Trinajstić information content (AvgIpc) is 2.67. The number of piperidine rings is 1. The second kappa shape index (κ2) is 8.14. The van der Waals surface area contributed by atoms with Crippen molar-refractivity contribution in [1.82, 2.24) is 10.3 Å². The average molecular weight is 339 g/mol. The molecule has 0 saturated carbocycles. The van der Waals surface area contributed by atoms with Crippen LogP contribution in [-0.2, 0) is 11.3 Å². The van der Waals surface area contributed by atoms with E-state index in [0.717, 1.165) is 38.2 Å². The standard InChI is InChI=1S/C20H25N3O2/c1-2-13-25-19-8-7-15-5-3-4-6-17(15)18(19)14-23-11-9-16(10-12-23)20(24)22-21/h2-8,16H,1,9-14,21H2,(H,22,24). The van der Waals surface area contributed by atoms with Crippen LogP contribution >= 0.6 is 0 Å². The quantitative estimate of drug-likeness (QED) is 0.367. The Balaban J connectivity index is 1.80. The molecule has 2 aromatic carbocycles. The van der Waals surface area contributed by atoms with Crippen molar-refractivity contribution < 1.29 is 9.53 Å². The number of carbonyl (C=O) groups excluding carboxylic acids is 1. The number of nitrogens with two attached hydrogens (primary N) is 1. The van der Waals surface area contributed by atoms with E-state index in [1.807, 2.05) is 12.1 Å². The van der Waals surface area contributed by atoms with Gasteiger partial charge in [0.25, 0.3) is 0 Å². The van der Waals surface area contributed by atoms with Crippen molar-refractivity contribution in [2.24, 2.45) is 11.8 Å². The van der Waals surface area contributed by atoms with Crippen LogP contribution in [0.25, 0.3) is 10.8 Å². The summed E-state index contributed by atoms with van der Waals surface area (Å²) < 4.78 is 5.89. The number of hydrazine groups is 1. The molecule has 1 amide bonds. The number of fused-ring (bicyclic) bond motifs is 1. The van der Waals surface area contributed by atoms with E-state index in [-0.39, 0.29) is 11.8 Å². The number of likely N-dealkylation sites (tertiary alicyclic amines) is 1. The summed E-state index contributed by atoms with van der Waals surface area (Å²) in [5.41, 5.74) is 3.46. The molecule has 2 aromatic rings. The lowest BCUT2D eigenvalue weighted by atomic mass is 9.95. The summed E-state index contributed by atoms with van der Waals surface area (Å²) in [6.45, 7) is 6.79. The van der Waals surface area contributed by atoms with Gasteiger partial charge in [0.1, 0.15) is 12.4 Å². The van der Waals surface area contributed by atoms with Gasteiger partial charge in [-0.3, -0.25) is 15.1 Å².